The Bertz CT molecular complexity index is 1010. The first-order valence-electron chi connectivity index (χ1n) is 8.19. The Balaban J connectivity index is 2.40. The molecule has 1 unspecified atom stereocenters. The molecule has 0 spiro atoms. The lowest BCUT2D eigenvalue weighted by molar-refractivity contribution is -0.579. The third-order valence-electron chi connectivity index (χ3n) is 4.35. The fourth-order valence-corrected chi connectivity index (χ4v) is 2.86. The summed E-state index contributed by atoms with van der Waals surface area (Å²) in [5.41, 5.74) is -0.515. The van der Waals surface area contributed by atoms with E-state index in [1.807, 2.05) is 20.8 Å². The monoisotopic (exact) mass is 396 g/mol. The minimum absolute atomic E-state index is 0.0996. The third-order valence-corrected chi connectivity index (χ3v) is 4.63. The lowest BCUT2D eigenvalue weighted by atomic mass is 10.0. The van der Waals surface area contributed by atoms with Gasteiger partial charge in [-0.05, 0) is 29.4 Å². The molecule has 2 aromatic heterocycles. The van der Waals surface area contributed by atoms with Crippen LogP contribution < -0.4 is 10.0 Å². The first-order valence-corrected chi connectivity index (χ1v) is 8.57. The summed E-state index contributed by atoms with van der Waals surface area (Å²) in [6.45, 7) is 5.76. The van der Waals surface area contributed by atoms with E-state index in [2.05, 4.69) is 15.3 Å². The molecule has 9 heteroatoms. The van der Waals surface area contributed by atoms with Gasteiger partial charge >= 0.3 is 5.65 Å². The van der Waals surface area contributed by atoms with Gasteiger partial charge in [0, 0.05) is 18.2 Å². The van der Waals surface area contributed by atoms with E-state index in [9.17, 15) is 18.4 Å². The van der Waals surface area contributed by atoms with Crippen LogP contribution in [0.25, 0.3) is 22.3 Å². The summed E-state index contributed by atoms with van der Waals surface area (Å²) >= 11 is 6.20. The summed E-state index contributed by atoms with van der Waals surface area (Å²) in [5.74, 6) is -3.19. The molecule has 0 saturated carbocycles. The second-order valence-corrected chi connectivity index (χ2v) is 6.86. The van der Waals surface area contributed by atoms with Crippen molar-refractivity contribution in [3.05, 3.63) is 52.3 Å². The Morgan fingerprint density at radius 2 is 1.74 bits per heavy atom. The fourth-order valence-electron chi connectivity index (χ4n) is 2.59. The van der Waals surface area contributed by atoms with Crippen LogP contribution in [0.5, 0.6) is 0 Å². The zero-order valence-electron chi connectivity index (χ0n) is 14.7. The molecular formula is C18H16ClF3N4O. The molecule has 0 aliphatic carbocycles. The Kier molecular flexibility index (Phi) is 5.10. The van der Waals surface area contributed by atoms with Gasteiger partial charge in [0.2, 0.25) is 0 Å². The van der Waals surface area contributed by atoms with Crippen LogP contribution in [-0.4, -0.2) is 16.0 Å². The number of benzene rings is 1. The number of halogens is 4. The van der Waals surface area contributed by atoms with Crippen molar-refractivity contribution in [3.63, 3.8) is 0 Å². The van der Waals surface area contributed by atoms with Crippen LogP contribution in [-0.2, 0) is 0 Å². The zero-order valence-corrected chi connectivity index (χ0v) is 15.5. The van der Waals surface area contributed by atoms with E-state index in [4.69, 9.17) is 11.6 Å². The van der Waals surface area contributed by atoms with Crippen LogP contribution in [0.4, 0.5) is 18.9 Å². The number of hydrogen-bond donors (Lipinski definition) is 1. The predicted molar refractivity (Wildman–Crippen MR) is 96.7 cm³/mol. The molecule has 142 valence electrons. The summed E-state index contributed by atoms with van der Waals surface area (Å²) in [4.78, 5) is 8.09. The third kappa shape index (κ3) is 3.49. The molecule has 1 atom stereocenters. The Morgan fingerprint density at radius 1 is 1.11 bits per heavy atom. The van der Waals surface area contributed by atoms with E-state index in [1.165, 1.54) is 6.20 Å². The van der Waals surface area contributed by atoms with Crippen molar-refractivity contribution >= 4 is 28.5 Å². The van der Waals surface area contributed by atoms with Crippen molar-refractivity contribution in [2.24, 2.45) is 5.92 Å². The molecule has 0 radical (unpaired) electrons. The SMILES string of the molecule is CC(C)C(C)Nc1c(-c2c(F)cc(F)cc2F)c(Cl)nc2c1ncc[n+]2[O-]. The number of fused-ring (bicyclic) bond motifs is 1. The van der Waals surface area contributed by atoms with Gasteiger partial charge in [-0.15, -0.1) is 0 Å². The molecule has 0 aliphatic rings. The zero-order chi connectivity index (χ0) is 19.9. The number of nitrogens with zero attached hydrogens (tertiary/aromatic N) is 3. The van der Waals surface area contributed by atoms with Crippen LogP contribution >= 0.6 is 11.6 Å². The van der Waals surface area contributed by atoms with Crippen LogP contribution in [0.15, 0.2) is 24.5 Å². The van der Waals surface area contributed by atoms with Crippen molar-refractivity contribution in [1.29, 1.82) is 0 Å². The number of hydrogen-bond acceptors (Lipinski definition) is 4. The molecule has 3 rings (SSSR count). The van der Waals surface area contributed by atoms with Crippen molar-refractivity contribution in [2.45, 2.75) is 26.8 Å². The maximum absolute atomic E-state index is 14.5. The normalized spacial score (nSPS) is 12.6. The van der Waals surface area contributed by atoms with Gasteiger partial charge in [-0.25, -0.2) is 22.9 Å². The molecule has 27 heavy (non-hydrogen) atoms. The summed E-state index contributed by atoms with van der Waals surface area (Å²) in [6.07, 6.45) is 2.39. The molecule has 1 aromatic carbocycles. The lowest BCUT2D eigenvalue weighted by Gasteiger charge is -2.22. The second-order valence-electron chi connectivity index (χ2n) is 6.50. The standard InChI is InChI=1S/C18H16ClF3N4O/c1-8(2)9(3)24-15-14(13-11(21)6-10(20)7-12(13)22)17(19)25-18-16(15)23-4-5-26(18)27/h4-9H,1-3H3,(H,24,25). The van der Waals surface area contributed by atoms with Crippen LogP contribution in [0.3, 0.4) is 0 Å². The molecule has 2 heterocycles. The van der Waals surface area contributed by atoms with Gasteiger partial charge in [-0.1, -0.05) is 13.8 Å². The number of anilines is 1. The van der Waals surface area contributed by atoms with Crippen LogP contribution in [0.2, 0.25) is 5.15 Å². The van der Waals surface area contributed by atoms with Gasteiger partial charge < -0.3 is 10.5 Å². The van der Waals surface area contributed by atoms with E-state index in [1.54, 1.807) is 0 Å². The molecule has 3 aromatic rings. The first kappa shape index (κ1) is 19.2. The molecule has 5 nitrogen and oxygen atoms in total. The Hall–Kier alpha value is -2.61. The topological polar surface area (TPSA) is 64.8 Å². The molecule has 0 aliphatic heterocycles. The van der Waals surface area contributed by atoms with Crippen LogP contribution in [0.1, 0.15) is 20.8 Å². The van der Waals surface area contributed by atoms with E-state index < -0.39 is 23.0 Å². The minimum Gasteiger partial charge on any atom is -0.710 e. The van der Waals surface area contributed by atoms with Gasteiger partial charge in [0.25, 0.3) is 5.15 Å². The summed E-state index contributed by atoms with van der Waals surface area (Å²) < 4.78 is 42.7. The van der Waals surface area contributed by atoms with Crippen molar-refractivity contribution in [3.8, 4) is 11.1 Å². The second kappa shape index (κ2) is 7.19. The molecule has 0 bridgehead atoms. The van der Waals surface area contributed by atoms with Gasteiger partial charge in [-0.2, -0.15) is 0 Å². The van der Waals surface area contributed by atoms with E-state index in [0.717, 1.165) is 6.20 Å². The molecule has 0 fully saturated rings. The number of pyridine rings is 1. The quantitative estimate of drug-likeness (QED) is 0.402. The predicted octanol–water partition coefficient (Wildman–Crippen LogP) is 4.46. The maximum atomic E-state index is 14.5. The van der Waals surface area contributed by atoms with Crippen molar-refractivity contribution < 1.29 is 17.9 Å². The Morgan fingerprint density at radius 3 is 2.33 bits per heavy atom. The van der Waals surface area contributed by atoms with Gasteiger partial charge in [0.15, 0.2) is 5.52 Å². The molecule has 0 saturated heterocycles. The maximum Gasteiger partial charge on any atom is 0.355 e. The fraction of sp³-hybridized carbons (Fsp3) is 0.278. The number of rotatable bonds is 4. The largest absolute Gasteiger partial charge is 0.710 e. The summed E-state index contributed by atoms with van der Waals surface area (Å²) in [7, 11) is 0. The summed E-state index contributed by atoms with van der Waals surface area (Å²) in [5, 5.41) is 14.9. The smallest absolute Gasteiger partial charge is 0.355 e. The highest BCUT2D eigenvalue weighted by atomic mass is 35.5. The van der Waals surface area contributed by atoms with Crippen LogP contribution in [0, 0.1) is 28.6 Å². The van der Waals surface area contributed by atoms with Crippen molar-refractivity contribution in [2.75, 3.05) is 5.32 Å². The average molecular weight is 397 g/mol. The number of nitrogens with one attached hydrogen (secondary N) is 1. The highest BCUT2D eigenvalue weighted by Gasteiger charge is 2.29. The van der Waals surface area contributed by atoms with Gasteiger partial charge in [0.05, 0.1) is 23.0 Å². The van der Waals surface area contributed by atoms with E-state index in [-0.39, 0.29) is 39.5 Å². The lowest BCUT2D eigenvalue weighted by Crippen LogP contribution is -2.29. The van der Waals surface area contributed by atoms with E-state index >= 15 is 0 Å². The van der Waals surface area contributed by atoms with E-state index in [0.29, 0.717) is 16.9 Å². The van der Waals surface area contributed by atoms with Gasteiger partial charge in [-0.3, -0.25) is 0 Å². The van der Waals surface area contributed by atoms with Crippen molar-refractivity contribution in [1.82, 2.24) is 9.97 Å². The summed E-state index contributed by atoms with van der Waals surface area (Å²) in [6, 6.07) is 0.959. The molecular weight excluding hydrogens is 381 g/mol. The molecule has 0 amide bonds. The Labute approximate surface area is 158 Å². The van der Waals surface area contributed by atoms with Gasteiger partial charge in [0.1, 0.15) is 23.6 Å². The molecule has 1 N–H and O–H groups in total. The average Bonchev–Trinajstić information content (AvgIpc) is 2.57. The highest BCUT2D eigenvalue weighted by molar-refractivity contribution is 6.33. The first-order chi connectivity index (χ1) is 12.7. The number of aromatic nitrogens is 3. The minimum atomic E-state index is -1.14. The highest BCUT2D eigenvalue weighted by Crippen LogP contribution is 2.40.